The summed E-state index contributed by atoms with van der Waals surface area (Å²) in [5.74, 6) is 0.0289. The van der Waals surface area contributed by atoms with Gasteiger partial charge < -0.3 is 25.3 Å². The topological polar surface area (TPSA) is 117 Å². The molecule has 0 aromatic heterocycles. The van der Waals surface area contributed by atoms with Crippen molar-refractivity contribution in [2.24, 2.45) is 5.73 Å². The molecule has 2 aromatic rings. The summed E-state index contributed by atoms with van der Waals surface area (Å²) in [6.45, 7) is -0.313. The quantitative estimate of drug-likeness (QED) is 0.568. The molecule has 1 aliphatic rings. The summed E-state index contributed by atoms with van der Waals surface area (Å²) in [6.07, 6.45) is -0.151. The molecule has 8 heteroatoms. The van der Waals surface area contributed by atoms with Crippen LogP contribution in [0.15, 0.2) is 48.5 Å². The van der Waals surface area contributed by atoms with Gasteiger partial charge >= 0.3 is 12.0 Å². The lowest BCUT2D eigenvalue weighted by atomic mass is 10.0. The van der Waals surface area contributed by atoms with Crippen molar-refractivity contribution < 1.29 is 28.6 Å². The minimum absolute atomic E-state index is 0.107. The average Bonchev–Trinajstić information content (AvgIpc) is 3.13. The maximum absolute atomic E-state index is 12.2. The van der Waals surface area contributed by atoms with E-state index in [0.717, 1.165) is 0 Å². The zero-order valence-corrected chi connectivity index (χ0v) is 14.3. The second-order valence-electron chi connectivity index (χ2n) is 5.83. The lowest BCUT2D eigenvalue weighted by Gasteiger charge is -2.17. The fourth-order valence-corrected chi connectivity index (χ4v) is 2.63. The van der Waals surface area contributed by atoms with Gasteiger partial charge in [0.1, 0.15) is 0 Å². The van der Waals surface area contributed by atoms with Gasteiger partial charge in [0.25, 0.3) is 0 Å². The highest BCUT2D eigenvalue weighted by molar-refractivity contribution is 5.98. The highest BCUT2D eigenvalue weighted by atomic mass is 16.7. The summed E-state index contributed by atoms with van der Waals surface area (Å²) in [5, 5.41) is 2.50. The molecule has 140 valence electrons. The first-order valence-corrected chi connectivity index (χ1v) is 8.22. The van der Waals surface area contributed by atoms with Crippen LogP contribution in [0.1, 0.15) is 28.4 Å². The number of ketones is 1. The van der Waals surface area contributed by atoms with E-state index in [1.807, 2.05) is 6.07 Å². The van der Waals surface area contributed by atoms with Crippen molar-refractivity contribution in [2.45, 2.75) is 12.5 Å². The number of nitrogens with two attached hydrogens (primary N) is 1. The van der Waals surface area contributed by atoms with E-state index in [-0.39, 0.29) is 19.0 Å². The fraction of sp³-hybridized carbons (Fsp3) is 0.211. The molecule has 0 saturated carbocycles. The Morgan fingerprint density at radius 3 is 2.56 bits per heavy atom. The van der Waals surface area contributed by atoms with Crippen LogP contribution in [0.5, 0.6) is 11.5 Å². The van der Waals surface area contributed by atoms with Crippen LogP contribution in [0.3, 0.4) is 0 Å². The summed E-state index contributed by atoms with van der Waals surface area (Å²) in [7, 11) is 0. The van der Waals surface area contributed by atoms with Crippen molar-refractivity contribution in [1.29, 1.82) is 0 Å². The molecule has 1 aliphatic heterocycles. The highest BCUT2D eigenvalue weighted by Crippen LogP contribution is 2.32. The largest absolute Gasteiger partial charge is 0.457 e. The molecule has 0 saturated heterocycles. The van der Waals surface area contributed by atoms with Gasteiger partial charge in [0.05, 0.1) is 12.5 Å². The van der Waals surface area contributed by atoms with E-state index >= 15 is 0 Å². The van der Waals surface area contributed by atoms with Crippen LogP contribution in [0, 0.1) is 0 Å². The van der Waals surface area contributed by atoms with Gasteiger partial charge in [0, 0.05) is 5.56 Å². The minimum Gasteiger partial charge on any atom is -0.457 e. The van der Waals surface area contributed by atoms with E-state index in [0.29, 0.717) is 22.6 Å². The van der Waals surface area contributed by atoms with E-state index < -0.39 is 24.6 Å². The molecule has 2 aromatic carbocycles. The summed E-state index contributed by atoms with van der Waals surface area (Å²) >= 11 is 0. The van der Waals surface area contributed by atoms with E-state index in [2.05, 4.69) is 5.32 Å². The number of rotatable bonds is 7. The number of carbonyl (C=O) groups is 3. The molecule has 0 bridgehead atoms. The maximum atomic E-state index is 12.2. The van der Waals surface area contributed by atoms with Gasteiger partial charge in [-0.3, -0.25) is 9.59 Å². The number of hydrogen-bond acceptors (Lipinski definition) is 6. The van der Waals surface area contributed by atoms with Gasteiger partial charge in [0.15, 0.2) is 23.9 Å². The van der Waals surface area contributed by atoms with Crippen LogP contribution in [-0.4, -0.2) is 31.2 Å². The van der Waals surface area contributed by atoms with Gasteiger partial charge in [-0.2, -0.15) is 0 Å². The second-order valence-corrected chi connectivity index (χ2v) is 5.83. The zero-order valence-electron chi connectivity index (χ0n) is 14.3. The lowest BCUT2D eigenvalue weighted by Crippen LogP contribution is -2.34. The molecule has 3 rings (SSSR count). The molecule has 0 unspecified atom stereocenters. The van der Waals surface area contributed by atoms with Gasteiger partial charge in [-0.05, 0) is 23.8 Å². The predicted octanol–water partition coefficient (Wildman–Crippen LogP) is 1.94. The Morgan fingerprint density at radius 2 is 1.81 bits per heavy atom. The van der Waals surface area contributed by atoms with E-state index in [4.69, 9.17) is 19.9 Å². The Balaban J connectivity index is 1.57. The Bertz CT molecular complexity index is 853. The Kier molecular flexibility index (Phi) is 5.55. The molecular weight excluding hydrogens is 352 g/mol. The van der Waals surface area contributed by atoms with Gasteiger partial charge in [0.2, 0.25) is 6.79 Å². The Hall–Kier alpha value is -3.55. The summed E-state index contributed by atoms with van der Waals surface area (Å²) in [6, 6.07) is 12.2. The number of amides is 2. The number of primary amides is 1. The van der Waals surface area contributed by atoms with Crippen LogP contribution >= 0.6 is 0 Å². The first kappa shape index (κ1) is 18.2. The van der Waals surface area contributed by atoms with Gasteiger partial charge in [-0.25, -0.2) is 4.79 Å². The van der Waals surface area contributed by atoms with Crippen molar-refractivity contribution in [2.75, 3.05) is 13.4 Å². The standard InChI is InChI=1S/C19H18N2O6/c20-19(24)21-14(12-4-2-1-3-5-12)9-18(23)25-10-15(22)13-6-7-16-17(8-13)27-11-26-16/h1-8,14H,9-11H2,(H3,20,21,24)/t14-/m1/s1. The number of ether oxygens (including phenoxy) is 3. The molecule has 2 amide bonds. The summed E-state index contributed by atoms with van der Waals surface area (Å²) in [5.41, 5.74) is 6.22. The average molecular weight is 370 g/mol. The number of fused-ring (bicyclic) bond motifs is 1. The van der Waals surface area contributed by atoms with E-state index in [9.17, 15) is 14.4 Å². The van der Waals surface area contributed by atoms with Crippen molar-refractivity contribution in [1.82, 2.24) is 5.32 Å². The number of urea groups is 1. The number of esters is 1. The van der Waals surface area contributed by atoms with Crippen LogP contribution in [0.4, 0.5) is 4.79 Å². The van der Waals surface area contributed by atoms with Crippen molar-refractivity contribution >= 4 is 17.8 Å². The number of hydrogen-bond donors (Lipinski definition) is 2. The van der Waals surface area contributed by atoms with Crippen LogP contribution < -0.4 is 20.5 Å². The van der Waals surface area contributed by atoms with Crippen LogP contribution in [0.25, 0.3) is 0 Å². The molecule has 8 nitrogen and oxygen atoms in total. The van der Waals surface area contributed by atoms with Crippen molar-refractivity contribution in [3.63, 3.8) is 0 Å². The molecule has 27 heavy (non-hydrogen) atoms. The van der Waals surface area contributed by atoms with Crippen molar-refractivity contribution in [3.8, 4) is 11.5 Å². The van der Waals surface area contributed by atoms with E-state index in [1.165, 1.54) is 0 Å². The van der Waals surface area contributed by atoms with Crippen molar-refractivity contribution in [3.05, 3.63) is 59.7 Å². The third kappa shape index (κ3) is 4.75. The number of Topliss-reactive ketones (excluding diaryl/α,β-unsaturated/α-hetero) is 1. The third-order valence-electron chi connectivity index (χ3n) is 3.95. The smallest absolute Gasteiger partial charge is 0.312 e. The molecule has 0 radical (unpaired) electrons. The third-order valence-corrected chi connectivity index (χ3v) is 3.95. The highest BCUT2D eigenvalue weighted by Gasteiger charge is 2.20. The monoisotopic (exact) mass is 370 g/mol. The van der Waals surface area contributed by atoms with Crippen LogP contribution in [-0.2, 0) is 9.53 Å². The molecule has 3 N–H and O–H groups in total. The normalized spacial score (nSPS) is 12.9. The molecule has 1 atom stereocenters. The SMILES string of the molecule is NC(=O)N[C@H](CC(=O)OCC(=O)c1ccc2c(c1)OCO2)c1ccccc1. The number of nitrogens with one attached hydrogen (secondary N) is 1. The molecule has 1 heterocycles. The molecule has 0 aliphatic carbocycles. The van der Waals surface area contributed by atoms with Crippen LogP contribution in [0.2, 0.25) is 0 Å². The molecule has 0 fully saturated rings. The summed E-state index contributed by atoms with van der Waals surface area (Å²) in [4.78, 5) is 35.5. The second kappa shape index (κ2) is 8.22. The Morgan fingerprint density at radius 1 is 1.07 bits per heavy atom. The maximum Gasteiger partial charge on any atom is 0.312 e. The first-order valence-electron chi connectivity index (χ1n) is 8.22. The zero-order chi connectivity index (χ0) is 19.2. The molecular formula is C19H18N2O6. The number of benzene rings is 2. The molecule has 0 spiro atoms. The van der Waals surface area contributed by atoms with Gasteiger partial charge in [-0.15, -0.1) is 0 Å². The van der Waals surface area contributed by atoms with E-state index in [1.54, 1.807) is 42.5 Å². The first-order chi connectivity index (χ1) is 13.0. The number of carbonyl (C=O) groups excluding carboxylic acids is 3. The predicted molar refractivity (Wildman–Crippen MR) is 94.4 cm³/mol. The minimum atomic E-state index is -0.756. The van der Waals surface area contributed by atoms with Gasteiger partial charge in [-0.1, -0.05) is 30.3 Å². The lowest BCUT2D eigenvalue weighted by molar-refractivity contribution is -0.143. The summed E-state index contributed by atoms with van der Waals surface area (Å²) < 4.78 is 15.5. The Labute approximate surface area is 155 Å². The fourth-order valence-electron chi connectivity index (χ4n) is 2.63.